The molecule has 20 heavy (non-hydrogen) atoms. The lowest BCUT2D eigenvalue weighted by Gasteiger charge is -2.18. The molecule has 2 atom stereocenters. The van der Waals surface area contributed by atoms with Crippen LogP contribution in [-0.4, -0.2) is 29.4 Å². The van der Waals surface area contributed by atoms with Crippen molar-refractivity contribution < 1.29 is 18.3 Å². The molecule has 1 aliphatic rings. The molecule has 4 nitrogen and oxygen atoms in total. The van der Waals surface area contributed by atoms with E-state index in [1.165, 1.54) is 6.20 Å². The molecule has 108 valence electrons. The Morgan fingerprint density at radius 1 is 1.60 bits per heavy atom. The second kappa shape index (κ2) is 4.94. The van der Waals surface area contributed by atoms with E-state index in [9.17, 15) is 18.3 Å². The predicted molar refractivity (Wildman–Crippen MR) is 65.9 cm³/mol. The van der Waals surface area contributed by atoms with Gasteiger partial charge in [0, 0.05) is 18.2 Å². The molecule has 0 bridgehead atoms. The van der Waals surface area contributed by atoms with Gasteiger partial charge in [0.25, 0.3) is 0 Å². The van der Waals surface area contributed by atoms with E-state index in [4.69, 9.17) is 5.26 Å². The highest BCUT2D eigenvalue weighted by molar-refractivity contribution is 5.55. The van der Waals surface area contributed by atoms with Gasteiger partial charge < -0.3 is 10.4 Å². The van der Waals surface area contributed by atoms with Crippen molar-refractivity contribution in [1.82, 2.24) is 4.98 Å². The molecule has 0 unspecified atom stereocenters. The highest BCUT2D eigenvalue weighted by Gasteiger charge is 2.66. The minimum atomic E-state index is -4.30. The number of hydrogen-bond acceptors (Lipinski definition) is 4. The summed E-state index contributed by atoms with van der Waals surface area (Å²) in [7, 11) is 0. The van der Waals surface area contributed by atoms with E-state index >= 15 is 0 Å². The maximum Gasteiger partial charge on any atom is 0.392 e. The molecule has 1 fully saturated rings. The summed E-state index contributed by atoms with van der Waals surface area (Å²) >= 11 is 0. The fourth-order valence-electron chi connectivity index (χ4n) is 2.33. The number of halogens is 3. The Morgan fingerprint density at radius 3 is 2.80 bits per heavy atom. The van der Waals surface area contributed by atoms with Crippen molar-refractivity contribution in [2.24, 2.45) is 11.3 Å². The summed E-state index contributed by atoms with van der Waals surface area (Å²) in [5.41, 5.74) is -0.188. The zero-order valence-electron chi connectivity index (χ0n) is 10.8. The lowest BCUT2D eigenvalue weighted by molar-refractivity contribution is -0.157. The van der Waals surface area contributed by atoms with Gasteiger partial charge in [-0.05, 0) is 25.0 Å². The molecule has 2 rings (SSSR count). The first-order valence-electron chi connectivity index (χ1n) is 6.11. The van der Waals surface area contributed by atoms with Gasteiger partial charge in [-0.2, -0.15) is 18.4 Å². The van der Waals surface area contributed by atoms with Crippen LogP contribution in [0.2, 0.25) is 0 Å². The number of aromatic nitrogens is 1. The van der Waals surface area contributed by atoms with Crippen LogP contribution in [-0.2, 0) is 0 Å². The summed E-state index contributed by atoms with van der Waals surface area (Å²) in [6.07, 6.45) is -2.92. The number of aryl methyl sites for hydroxylation is 1. The van der Waals surface area contributed by atoms with Crippen molar-refractivity contribution in [3.8, 4) is 6.07 Å². The minimum absolute atomic E-state index is 0.0567. The smallest absolute Gasteiger partial charge is 0.392 e. The van der Waals surface area contributed by atoms with Crippen LogP contribution in [0.25, 0.3) is 0 Å². The highest BCUT2D eigenvalue weighted by Crippen LogP contribution is 2.59. The molecule has 7 heteroatoms. The first-order valence-corrected chi connectivity index (χ1v) is 6.11. The molecule has 1 saturated carbocycles. The van der Waals surface area contributed by atoms with Crippen molar-refractivity contribution in [2.45, 2.75) is 19.5 Å². The SMILES string of the molecule is Cc1ccnc(NC[C@@]2(CO)C[C@H]2C(F)(F)F)c1C#N. The molecule has 1 heterocycles. The molecule has 1 aromatic heterocycles. The van der Waals surface area contributed by atoms with Gasteiger partial charge >= 0.3 is 6.18 Å². The fraction of sp³-hybridized carbons (Fsp3) is 0.538. The van der Waals surface area contributed by atoms with Gasteiger partial charge in [-0.3, -0.25) is 0 Å². The lowest BCUT2D eigenvalue weighted by atomic mass is 10.0. The number of nitrogens with one attached hydrogen (secondary N) is 1. The predicted octanol–water partition coefficient (Wildman–Crippen LogP) is 2.23. The molecule has 0 radical (unpaired) electrons. The fourth-order valence-corrected chi connectivity index (χ4v) is 2.33. The van der Waals surface area contributed by atoms with Crippen LogP contribution >= 0.6 is 0 Å². The van der Waals surface area contributed by atoms with Gasteiger partial charge in [0.2, 0.25) is 0 Å². The van der Waals surface area contributed by atoms with E-state index in [1.54, 1.807) is 13.0 Å². The second-order valence-electron chi connectivity index (χ2n) is 5.14. The molecule has 2 N–H and O–H groups in total. The Hall–Kier alpha value is -1.81. The molecule has 0 aromatic carbocycles. The molecular formula is C13H14F3N3O. The van der Waals surface area contributed by atoms with Crippen molar-refractivity contribution in [1.29, 1.82) is 5.26 Å². The Balaban J connectivity index is 2.10. The van der Waals surface area contributed by atoms with Crippen molar-refractivity contribution in [3.63, 3.8) is 0 Å². The van der Waals surface area contributed by atoms with E-state index in [0.29, 0.717) is 11.1 Å². The minimum Gasteiger partial charge on any atom is -0.396 e. The average Bonchev–Trinajstić information content (AvgIpc) is 3.12. The van der Waals surface area contributed by atoms with E-state index in [1.807, 2.05) is 6.07 Å². The Labute approximate surface area is 114 Å². The maximum absolute atomic E-state index is 12.7. The van der Waals surface area contributed by atoms with Crippen LogP contribution in [0.5, 0.6) is 0 Å². The van der Waals surface area contributed by atoms with Crippen molar-refractivity contribution >= 4 is 5.82 Å². The second-order valence-corrected chi connectivity index (χ2v) is 5.14. The number of aliphatic hydroxyl groups excluding tert-OH is 1. The summed E-state index contributed by atoms with van der Waals surface area (Å²) in [5.74, 6) is -1.24. The number of hydrogen-bond donors (Lipinski definition) is 2. The summed E-state index contributed by atoms with van der Waals surface area (Å²) in [6, 6.07) is 3.62. The Morgan fingerprint density at radius 2 is 2.30 bits per heavy atom. The van der Waals surface area contributed by atoms with Crippen LogP contribution in [0.4, 0.5) is 19.0 Å². The van der Waals surface area contributed by atoms with Gasteiger partial charge in [-0.25, -0.2) is 4.98 Å². The third kappa shape index (κ3) is 2.56. The van der Waals surface area contributed by atoms with Crippen LogP contribution in [0, 0.1) is 29.6 Å². The number of nitrogens with zero attached hydrogens (tertiary/aromatic N) is 2. The number of aliphatic hydroxyl groups is 1. The van der Waals surface area contributed by atoms with Crippen molar-refractivity contribution in [3.05, 3.63) is 23.4 Å². The molecule has 0 aliphatic heterocycles. The van der Waals surface area contributed by atoms with Crippen LogP contribution in [0.3, 0.4) is 0 Å². The van der Waals surface area contributed by atoms with E-state index < -0.39 is 24.1 Å². The van der Waals surface area contributed by atoms with E-state index in [2.05, 4.69) is 10.3 Å². The lowest BCUT2D eigenvalue weighted by Crippen LogP contribution is -2.27. The van der Waals surface area contributed by atoms with Gasteiger partial charge in [-0.1, -0.05) is 0 Å². The van der Waals surface area contributed by atoms with Gasteiger partial charge in [0.05, 0.1) is 18.1 Å². The number of pyridine rings is 1. The molecule has 1 aromatic rings. The third-order valence-electron chi connectivity index (χ3n) is 3.78. The van der Waals surface area contributed by atoms with Crippen LogP contribution < -0.4 is 5.32 Å². The zero-order valence-corrected chi connectivity index (χ0v) is 10.8. The molecular weight excluding hydrogens is 271 g/mol. The number of rotatable bonds is 4. The topological polar surface area (TPSA) is 68.9 Å². The average molecular weight is 285 g/mol. The summed E-state index contributed by atoms with van der Waals surface area (Å²) in [5, 5.41) is 21.0. The molecule has 0 spiro atoms. The maximum atomic E-state index is 12.7. The van der Waals surface area contributed by atoms with Crippen LogP contribution in [0.15, 0.2) is 12.3 Å². The number of alkyl halides is 3. The standard InChI is InChI=1S/C13H14F3N3O/c1-8-2-3-18-11(9(8)5-17)19-6-12(7-20)4-10(12)13(14,15)16/h2-3,10,20H,4,6-7H2,1H3,(H,18,19)/t10-,12-/m1/s1. The van der Waals surface area contributed by atoms with Gasteiger partial charge in [-0.15, -0.1) is 0 Å². The van der Waals surface area contributed by atoms with E-state index in [-0.39, 0.29) is 18.8 Å². The number of anilines is 1. The zero-order chi connectivity index (χ0) is 15.0. The quantitative estimate of drug-likeness (QED) is 0.890. The first kappa shape index (κ1) is 14.6. The monoisotopic (exact) mass is 285 g/mol. The number of nitriles is 1. The third-order valence-corrected chi connectivity index (χ3v) is 3.78. The summed E-state index contributed by atoms with van der Waals surface area (Å²) < 4.78 is 38.0. The Kier molecular flexibility index (Phi) is 3.61. The largest absolute Gasteiger partial charge is 0.396 e. The van der Waals surface area contributed by atoms with Gasteiger partial charge in [0.1, 0.15) is 11.9 Å². The first-order chi connectivity index (χ1) is 9.34. The molecule has 0 amide bonds. The normalized spacial score (nSPS) is 25.1. The highest BCUT2D eigenvalue weighted by atomic mass is 19.4. The Bertz CT molecular complexity index is 553. The van der Waals surface area contributed by atoms with Crippen molar-refractivity contribution in [2.75, 3.05) is 18.5 Å². The molecule has 0 saturated heterocycles. The van der Waals surface area contributed by atoms with Gasteiger partial charge in [0.15, 0.2) is 0 Å². The summed E-state index contributed by atoms with van der Waals surface area (Å²) in [6.45, 7) is 1.12. The van der Waals surface area contributed by atoms with E-state index in [0.717, 1.165) is 0 Å². The molecule has 1 aliphatic carbocycles. The van der Waals surface area contributed by atoms with Crippen LogP contribution in [0.1, 0.15) is 17.5 Å². The summed E-state index contributed by atoms with van der Waals surface area (Å²) in [4.78, 5) is 3.97.